The summed E-state index contributed by atoms with van der Waals surface area (Å²) < 4.78 is 37.8. The first kappa shape index (κ1) is 21.5. The molecule has 2 amide bonds. The van der Waals surface area contributed by atoms with Crippen molar-refractivity contribution in [2.45, 2.75) is 25.8 Å². The molecule has 6 nitrogen and oxygen atoms in total. The highest BCUT2D eigenvalue weighted by atomic mass is 19.1. The lowest BCUT2D eigenvalue weighted by Crippen LogP contribution is -2.47. The van der Waals surface area contributed by atoms with Crippen LogP contribution in [0.5, 0.6) is 11.5 Å². The third kappa shape index (κ3) is 5.46. The van der Waals surface area contributed by atoms with E-state index in [-0.39, 0.29) is 24.1 Å². The van der Waals surface area contributed by atoms with Crippen molar-refractivity contribution in [3.05, 3.63) is 59.7 Å². The average molecular weight is 418 g/mol. The topological polar surface area (TPSA) is 67.9 Å². The molecule has 8 heteroatoms. The van der Waals surface area contributed by atoms with Crippen LogP contribution in [0.15, 0.2) is 42.5 Å². The number of carbonyl (C=O) groups is 2. The molecule has 1 aliphatic heterocycles. The smallest absolute Gasteiger partial charge is 0.260 e. The first-order valence-electron chi connectivity index (χ1n) is 9.86. The van der Waals surface area contributed by atoms with Gasteiger partial charge in [-0.3, -0.25) is 9.59 Å². The summed E-state index contributed by atoms with van der Waals surface area (Å²) in [6.07, 6.45) is 1.08. The Balaban J connectivity index is 1.47. The fourth-order valence-electron chi connectivity index (χ4n) is 3.28. The van der Waals surface area contributed by atoms with Gasteiger partial charge in [0.2, 0.25) is 0 Å². The highest BCUT2D eigenvalue weighted by molar-refractivity contribution is 5.94. The van der Waals surface area contributed by atoms with Crippen LogP contribution in [0.25, 0.3) is 0 Å². The molecule has 3 rings (SSSR count). The maximum atomic E-state index is 13.7. The summed E-state index contributed by atoms with van der Waals surface area (Å²) in [6.45, 7) is 3.16. The summed E-state index contributed by atoms with van der Waals surface area (Å²) in [6, 6.07) is 9.82. The van der Waals surface area contributed by atoms with Crippen molar-refractivity contribution in [3.63, 3.8) is 0 Å². The zero-order chi connectivity index (χ0) is 21.5. The Morgan fingerprint density at radius 2 is 1.73 bits per heavy atom. The minimum atomic E-state index is -0.899. The number of hydrogen-bond donors (Lipinski definition) is 1. The van der Waals surface area contributed by atoms with Gasteiger partial charge in [0.1, 0.15) is 11.6 Å². The number of likely N-dealkylation sites (tertiary alicyclic amines) is 1. The number of benzene rings is 2. The van der Waals surface area contributed by atoms with Gasteiger partial charge in [-0.25, -0.2) is 8.78 Å². The van der Waals surface area contributed by atoms with E-state index in [0.717, 1.165) is 12.1 Å². The number of nitrogens with one attached hydrogen (secondary N) is 1. The predicted octanol–water partition coefficient (Wildman–Crippen LogP) is 3.16. The molecule has 1 saturated heterocycles. The largest absolute Gasteiger partial charge is 0.490 e. The minimum Gasteiger partial charge on any atom is -0.490 e. The van der Waals surface area contributed by atoms with Crippen LogP contribution in [0.4, 0.5) is 8.78 Å². The molecule has 1 N–H and O–H groups in total. The zero-order valence-corrected chi connectivity index (χ0v) is 16.7. The standard InChI is InChI=1S/C22H24F2N2O4/c1-2-29-19-5-3-4-6-20(19)30-14-21(27)26-11-9-16(10-12-26)25-22(28)17-8-7-15(23)13-18(17)24/h3-8,13,16H,2,9-12,14H2,1H3,(H,25,28). The normalized spacial score (nSPS) is 14.3. The number of amides is 2. The predicted molar refractivity (Wildman–Crippen MR) is 107 cm³/mol. The summed E-state index contributed by atoms with van der Waals surface area (Å²) in [4.78, 5) is 26.3. The molecule has 2 aromatic carbocycles. The van der Waals surface area contributed by atoms with Crippen LogP contribution in [0.3, 0.4) is 0 Å². The average Bonchev–Trinajstić information content (AvgIpc) is 2.73. The maximum Gasteiger partial charge on any atom is 0.260 e. The molecule has 0 unspecified atom stereocenters. The third-order valence-electron chi connectivity index (χ3n) is 4.86. The first-order valence-corrected chi connectivity index (χ1v) is 9.86. The second-order valence-corrected chi connectivity index (χ2v) is 6.92. The van der Waals surface area contributed by atoms with Crippen molar-refractivity contribution in [1.82, 2.24) is 10.2 Å². The quantitative estimate of drug-likeness (QED) is 0.750. The van der Waals surface area contributed by atoms with Crippen molar-refractivity contribution in [1.29, 1.82) is 0 Å². The third-order valence-corrected chi connectivity index (χ3v) is 4.86. The Hall–Kier alpha value is -3.16. The van der Waals surface area contributed by atoms with Crippen LogP contribution in [0.2, 0.25) is 0 Å². The number of hydrogen-bond acceptors (Lipinski definition) is 4. The fourth-order valence-corrected chi connectivity index (χ4v) is 3.28. The Bertz CT molecular complexity index is 898. The summed E-state index contributed by atoms with van der Waals surface area (Å²) in [5, 5.41) is 2.75. The molecule has 0 spiro atoms. The SMILES string of the molecule is CCOc1ccccc1OCC(=O)N1CCC(NC(=O)c2ccc(F)cc2F)CC1. The number of carbonyl (C=O) groups excluding carboxylic acids is 2. The molecule has 0 bridgehead atoms. The molecule has 1 aliphatic rings. The van der Waals surface area contributed by atoms with Gasteiger partial charge in [0.25, 0.3) is 11.8 Å². The molecule has 30 heavy (non-hydrogen) atoms. The molecular weight excluding hydrogens is 394 g/mol. The molecule has 2 aromatic rings. The molecule has 1 heterocycles. The molecule has 0 radical (unpaired) electrons. The van der Waals surface area contributed by atoms with Gasteiger partial charge in [-0.05, 0) is 44.0 Å². The first-order chi connectivity index (χ1) is 14.5. The Labute approximate surface area is 173 Å². The molecule has 0 aromatic heterocycles. The van der Waals surface area contributed by atoms with Crippen LogP contribution in [-0.4, -0.2) is 49.1 Å². The Kier molecular flexibility index (Phi) is 7.21. The number of halogens is 2. The van der Waals surface area contributed by atoms with Crippen molar-refractivity contribution < 1.29 is 27.8 Å². The van der Waals surface area contributed by atoms with E-state index in [1.807, 2.05) is 13.0 Å². The molecule has 0 saturated carbocycles. The van der Waals surface area contributed by atoms with Crippen LogP contribution in [-0.2, 0) is 4.79 Å². The van der Waals surface area contributed by atoms with Crippen molar-refractivity contribution in [3.8, 4) is 11.5 Å². The molecular formula is C22H24F2N2O4. The lowest BCUT2D eigenvalue weighted by Gasteiger charge is -2.32. The molecule has 160 valence electrons. The summed E-state index contributed by atoms with van der Waals surface area (Å²) in [5.41, 5.74) is -0.198. The number of rotatable bonds is 7. The summed E-state index contributed by atoms with van der Waals surface area (Å²) in [7, 11) is 0. The number of piperidine rings is 1. The Morgan fingerprint density at radius 1 is 1.07 bits per heavy atom. The monoisotopic (exact) mass is 418 g/mol. The van der Waals surface area contributed by atoms with E-state index in [2.05, 4.69) is 5.32 Å². The molecule has 1 fully saturated rings. The van der Waals surface area contributed by atoms with Gasteiger partial charge in [-0.15, -0.1) is 0 Å². The zero-order valence-electron chi connectivity index (χ0n) is 16.7. The van der Waals surface area contributed by atoms with E-state index in [4.69, 9.17) is 9.47 Å². The second kappa shape index (κ2) is 10.0. The highest BCUT2D eigenvalue weighted by Crippen LogP contribution is 2.26. The number of nitrogens with zero attached hydrogens (tertiary/aromatic N) is 1. The van der Waals surface area contributed by atoms with Crippen LogP contribution in [0, 0.1) is 11.6 Å². The number of ether oxygens (including phenoxy) is 2. The van der Waals surface area contributed by atoms with E-state index >= 15 is 0 Å². The van der Waals surface area contributed by atoms with Gasteiger partial charge in [0.15, 0.2) is 18.1 Å². The van der Waals surface area contributed by atoms with Crippen LogP contribution in [0.1, 0.15) is 30.1 Å². The van der Waals surface area contributed by atoms with Gasteiger partial charge in [-0.1, -0.05) is 12.1 Å². The lowest BCUT2D eigenvalue weighted by molar-refractivity contribution is -0.134. The van der Waals surface area contributed by atoms with Gasteiger partial charge < -0.3 is 19.7 Å². The van der Waals surface area contributed by atoms with Gasteiger partial charge in [0.05, 0.1) is 12.2 Å². The van der Waals surface area contributed by atoms with Crippen LogP contribution < -0.4 is 14.8 Å². The highest BCUT2D eigenvalue weighted by Gasteiger charge is 2.25. The van der Waals surface area contributed by atoms with Gasteiger partial charge in [-0.2, -0.15) is 0 Å². The van der Waals surface area contributed by atoms with Gasteiger partial charge in [0, 0.05) is 25.2 Å². The fraction of sp³-hybridized carbons (Fsp3) is 0.364. The Morgan fingerprint density at radius 3 is 2.37 bits per heavy atom. The number of para-hydroxylation sites is 2. The minimum absolute atomic E-state index is 0.109. The molecule has 0 aliphatic carbocycles. The summed E-state index contributed by atoms with van der Waals surface area (Å²) >= 11 is 0. The molecule has 0 atom stereocenters. The van der Waals surface area contributed by atoms with Gasteiger partial charge >= 0.3 is 0 Å². The summed E-state index contributed by atoms with van der Waals surface area (Å²) in [5.74, 6) is -1.28. The van der Waals surface area contributed by atoms with Crippen molar-refractivity contribution >= 4 is 11.8 Å². The van der Waals surface area contributed by atoms with E-state index in [9.17, 15) is 18.4 Å². The van der Waals surface area contributed by atoms with Crippen LogP contribution >= 0.6 is 0 Å². The van der Waals surface area contributed by atoms with E-state index in [0.29, 0.717) is 50.1 Å². The van der Waals surface area contributed by atoms with Crippen molar-refractivity contribution in [2.75, 3.05) is 26.3 Å². The van der Waals surface area contributed by atoms with E-state index < -0.39 is 17.5 Å². The second-order valence-electron chi connectivity index (χ2n) is 6.92. The lowest BCUT2D eigenvalue weighted by atomic mass is 10.0. The van der Waals surface area contributed by atoms with Crippen molar-refractivity contribution in [2.24, 2.45) is 0 Å². The van der Waals surface area contributed by atoms with E-state index in [1.54, 1.807) is 23.1 Å². The van der Waals surface area contributed by atoms with E-state index in [1.165, 1.54) is 0 Å². The maximum absolute atomic E-state index is 13.7.